The second kappa shape index (κ2) is 4.59. The van der Waals surface area contributed by atoms with Crippen LogP contribution in [0.15, 0.2) is 9.98 Å². The Labute approximate surface area is 95.7 Å². The first-order chi connectivity index (χ1) is 6.75. The third kappa shape index (κ3) is 2.46. The van der Waals surface area contributed by atoms with Gasteiger partial charge >= 0.3 is 0 Å². The molecule has 0 radical (unpaired) electrons. The van der Waals surface area contributed by atoms with Gasteiger partial charge in [-0.2, -0.15) is 0 Å². The number of halogens is 1. The Balaban J connectivity index is 1.95. The molecule has 2 N–H and O–H groups in total. The van der Waals surface area contributed by atoms with Crippen LogP contribution in [0.25, 0.3) is 0 Å². The maximum atomic E-state index is 9.74. The number of aliphatic hydroxyl groups is 1. The average Bonchev–Trinajstić information content (AvgIpc) is 2.56. The monoisotopic (exact) mass is 276 g/mol. The second-order valence-electron chi connectivity index (χ2n) is 3.57. The van der Waals surface area contributed by atoms with Gasteiger partial charge in [-0.25, -0.2) is 4.98 Å². The molecule has 1 aliphatic rings. The fourth-order valence-electron chi connectivity index (χ4n) is 1.76. The zero-order valence-corrected chi connectivity index (χ0v) is 10.1. The highest BCUT2D eigenvalue weighted by atomic mass is 79.9. The van der Waals surface area contributed by atoms with Crippen LogP contribution in [0.5, 0.6) is 0 Å². The van der Waals surface area contributed by atoms with Crippen molar-refractivity contribution in [2.24, 2.45) is 0 Å². The van der Waals surface area contributed by atoms with Crippen molar-refractivity contribution in [2.75, 3.05) is 5.32 Å². The van der Waals surface area contributed by atoms with Crippen molar-refractivity contribution in [3.05, 3.63) is 9.98 Å². The third-order valence-electron chi connectivity index (χ3n) is 2.52. The maximum absolute atomic E-state index is 9.74. The lowest BCUT2D eigenvalue weighted by atomic mass is 9.93. The lowest BCUT2D eigenvalue weighted by molar-refractivity contribution is 0.116. The van der Waals surface area contributed by atoms with Crippen molar-refractivity contribution < 1.29 is 5.11 Å². The van der Waals surface area contributed by atoms with E-state index in [9.17, 15) is 5.11 Å². The van der Waals surface area contributed by atoms with Crippen LogP contribution in [0, 0.1) is 0 Å². The Morgan fingerprint density at radius 1 is 1.50 bits per heavy atom. The zero-order valence-electron chi connectivity index (χ0n) is 7.74. The predicted molar refractivity (Wildman–Crippen MR) is 61.7 cm³/mol. The number of hydrogen-bond acceptors (Lipinski definition) is 4. The van der Waals surface area contributed by atoms with Gasteiger partial charge in [0.2, 0.25) is 0 Å². The molecule has 1 aromatic heterocycles. The highest BCUT2D eigenvalue weighted by Gasteiger charge is 2.23. The van der Waals surface area contributed by atoms with E-state index in [-0.39, 0.29) is 12.1 Å². The van der Waals surface area contributed by atoms with Gasteiger partial charge < -0.3 is 10.4 Å². The van der Waals surface area contributed by atoms with Gasteiger partial charge in [0.25, 0.3) is 0 Å². The first-order valence-corrected chi connectivity index (χ1v) is 6.42. The largest absolute Gasteiger partial charge is 0.391 e. The van der Waals surface area contributed by atoms with E-state index >= 15 is 0 Å². The number of rotatable bonds is 2. The molecule has 0 saturated heterocycles. The SMILES string of the molecule is O[C@H]1CCCC[C@@H]1Nc1ncc(Br)s1. The van der Waals surface area contributed by atoms with Gasteiger partial charge in [0, 0.05) is 0 Å². The van der Waals surface area contributed by atoms with E-state index < -0.39 is 0 Å². The Morgan fingerprint density at radius 2 is 2.29 bits per heavy atom. The molecule has 1 fully saturated rings. The fraction of sp³-hybridized carbons (Fsp3) is 0.667. The molecule has 1 saturated carbocycles. The summed E-state index contributed by atoms with van der Waals surface area (Å²) < 4.78 is 1.02. The van der Waals surface area contributed by atoms with E-state index in [2.05, 4.69) is 26.2 Å². The topological polar surface area (TPSA) is 45.1 Å². The number of aromatic nitrogens is 1. The summed E-state index contributed by atoms with van der Waals surface area (Å²) in [5.41, 5.74) is 0. The molecule has 78 valence electrons. The van der Waals surface area contributed by atoms with E-state index in [4.69, 9.17) is 0 Å². The van der Waals surface area contributed by atoms with E-state index in [1.54, 1.807) is 17.5 Å². The average molecular weight is 277 g/mol. The molecule has 2 atom stereocenters. The summed E-state index contributed by atoms with van der Waals surface area (Å²) in [6.07, 6.45) is 5.85. The molecule has 0 spiro atoms. The Bertz CT molecular complexity index is 305. The molecule has 0 bridgehead atoms. The second-order valence-corrected chi connectivity index (χ2v) is 5.98. The van der Waals surface area contributed by atoms with Crippen molar-refractivity contribution in [1.82, 2.24) is 4.98 Å². The Kier molecular flexibility index (Phi) is 3.41. The number of thiazole rings is 1. The molecule has 0 aliphatic heterocycles. The number of aliphatic hydroxyl groups excluding tert-OH is 1. The molecular formula is C9H13BrN2OS. The van der Waals surface area contributed by atoms with Gasteiger partial charge in [0.1, 0.15) is 0 Å². The molecular weight excluding hydrogens is 264 g/mol. The molecule has 14 heavy (non-hydrogen) atoms. The van der Waals surface area contributed by atoms with Crippen LogP contribution in [0.2, 0.25) is 0 Å². The third-order valence-corrected chi connectivity index (χ3v) is 3.92. The molecule has 1 heterocycles. The molecule has 2 rings (SSSR count). The minimum Gasteiger partial charge on any atom is -0.391 e. The lowest BCUT2D eigenvalue weighted by Gasteiger charge is -2.27. The zero-order chi connectivity index (χ0) is 9.97. The van der Waals surface area contributed by atoms with Crippen molar-refractivity contribution in [1.29, 1.82) is 0 Å². The van der Waals surface area contributed by atoms with Crippen molar-refractivity contribution in [2.45, 2.75) is 37.8 Å². The Morgan fingerprint density at radius 3 is 2.93 bits per heavy atom. The van der Waals surface area contributed by atoms with Crippen molar-refractivity contribution in [3.63, 3.8) is 0 Å². The minimum absolute atomic E-state index is 0.182. The summed E-state index contributed by atoms with van der Waals surface area (Å²) in [7, 11) is 0. The number of nitrogens with one attached hydrogen (secondary N) is 1. The van der Waals surface area contributed by atoms with Gasteiger partial charge in [-0.1, -0.05) is 24.2 Å². The van der Waals surface area contributed by atoms with Crippen LogP contribution >= 0.6 is 27.3 Å². The van der Waals surface area contributed by atoms with Crippen LogP contribution in [0.3, 0.4) is 0 Å². The molecule has 1 aromatic rings. The molecule has 0 unspecified atom stereocenters. The van der Waals surface area contributed by atoms with E-state index in [1.165, 1.54) is 6.42 Å². The van der Waals surface area contributed by atoms with Gasteiger partial charge in [-0.05, 0) is 28.8 Å². The Hall–Kier alpha value is -0.130. The van der Waals surface area contributed by atoms with Crippen LogP contribution in [-0.4, -0.2) is 22.2 Å². The quantitative estimate of drug-likeness (QED) is 0.873. The molecule has 0 aromatic carbocycles. The van der Waals surface area contributed by atoms with Crippen molar-refractivity contribution >= 4 is 32.4 Å². The van der Waals surface area contributed by atoms with Gasteiger partial charge in [-0.15, -0.1) is 0 Å². The lowest BCUT2D eigenvalue weighted by Crippen LogP contribution is -2.36. The first kappa shape index (κ1) is 10.4. The molecule has 1 aliphatic carbocycles. The van der Waals surface area contributed by atoms with E-state index in [1.807, 2.05) is 0 Å². The number of nitrogens with zero attached hydrogens (tertiary/aromatic N) is 1. The predicted octanol–water partition coefficient (Wildman–Crippen LogP) is 2.62. The van der Waals surface area contributed by atoms with Gasteiger partial charge in [-0.3, -0.25) is 0 Å². The normalized spacial score (nSPS) is 27.6. The van der Waals surface area contributed by atoms with Crippen LogP contribution < -0.4 is 5.32 Å². The molecule has 3 nitrogen and oxygen atoms in total. The summed E-state index contributed by atoms with van der Waals surface area (Å²) in [6, 6.07) is 0.182. The smallest absolute Gasteiger partial charge is 0.184 e. The fourth-order valence-corrected chi connectivity index (χ4v) is 2.93. The van der Waals surface area contributed by atoms with Gasteiger partial charge in [0.15, 0.2) is 5.13 Å². The molecule has 5 heteroatoms. The molecule has 0 amide bonds. The summed E-state index contributed by atoms with van der Waals surface area (Å²) in [5.74, 6) is 0. The summed E-state index contributed by atoms with van der Waals surface area (Å²) in [6.45, 7) is 0. The van der Waals surface area contributed by atoms with E-state index in [0.717, 1.165) is 28.2 Å². The standard InChI is InChI=1S/C9H13BrN2OS/c10-8-5-11-9(14-8)12-6-3-1-2-4-7(6)13/h5-7,13H,1-4H2,(H,11,12)/t6-,7-/m0/s1. The van der Waals surface area contributed by atoms with Gasteiger partial charge in [0.05, 0.1) is 22.1 Å². The number of anilines is 1. The van der Waals surface area contributed by atoms with Crippen LogP contribution in [0.1, 0.15) is 25.7 Å². The summed E-state index contributed by atoms with van der Waals surface area (Å²) in [5, 5.41) is 13.9. The minimum atomic E-state index is -0.216. The number of hydrogen-bond donors (Lipinski definition) is 2. The first-order valence-electron chi connectivity index (χ1n) is 4.81. The highest BCUT2D eigenvalue weighted by molar-refractivity contribution is 9.11. The van der Waals surface area contributed by atoms with Crippen molar-refractivity contribution in [3.8, 4) is 0 Å². The summed E-state index contributed by atoms with van der Waals surface area (Å²) >= 11 is 4.93. The van der Waals surface area contributed by atoms with Crippen LogP contribution in [-0.2, 0) is 0 Å². The summed E-state index contributed by atoms with van der Waals surface area (Å²) in [4.78, 5) is 4.19. The highest BCUT2D eigenvalue weighted by Crippen LogP contribution is 2.27. The van der Waals surface area contributed by atoms with Crippen LogP contribution in [0.4, 0.5) is 5.13 Å². The van der Waals surface area contributed by atoms with E-state index in [0.29, 0.717) is 0 Å². The maximum Gasteiger partial charge on any atom is 0.184 e.